The van der Waals surface area contributed by atoms with Crippen molar-refractivity contribution < 1.29 is 4.79 Å². The molecule has 1 aliphatic rings. The van der Waals surface area contributed by atoms with Crippen LogP contribution < -0.4 is 0 Å². The van der Waals surface area contributed by atoms with Crippen LogP contribution in [0.1, 0.15) is 124 Å². The molecule has 0 spiro atoms. The zero-order valence-electron chi connectivity index (χ0n) is 17.2. The number of hydrogen-bond donors (Lipinski definition) is 0. The van der Waals surface area contributed by atoms with Gasteiger partial charge in [0.2, 0.25) is 0 Å². The van der Waals surface area contributed by atoms with Gasteiger partial charge >= 0.3 is 0 Å². The second-order valence-electron chi connectivity index (χ2n) is 9.29. The minimum absolute atomic E-state index is 0.142. The number of hydrogen-bond acceptors (Lipinski definition) is 1. The molecule has 0 saturated heterocycles. The summed E-state index contributed by atoms with van der Waals surface area (Å²) in [5, 5.41) is 0. The van der Waals surface area contributed by atoms with E-state index in [0.29, 0.717) is 5.78 Å². The Balaban J connectivity index is 1.82. The molecule has 0 amide bonds. The minimum atomic E-state index is -0.142. The molecule has 2 atom stereocenters. The van der Waals surface area contributed by atoms with Crippen LogP contribution in [-0.4, -0.2) is 5.78 Å². The maximum Gasteiger partial charge on any atom is 0.138 e. The maximum absolute atomic E-state index is 11.8. The summed E-state index contributed by atoms with van der Waals surface area (Å²) in [5.74, 6) is 2.58. The predicted molar refractivity (Wildman–Crippen MR) is 106 cm³/mol. The molecule has 0 aromatic carbocycles. The van der Waals surface area contributed by atoms with Crippen LogP contribution in [0.15, 0.2) is 0 Å². The zero-order valence-corrected chi connectivity index (χ0v) is 17.2. The van der Waals surface area contributed by atoms with E-state index in [1.165, 1.54) is 83.5 Å². The van der Waals surface area contributed by atoms with Gasteiger partial charge in [-0.2, -0.15) is 0 Å². The van der Waals surface area contributed by atoms with Crippen molar-refractivity contribution in [3.63, 3.8) is 0 Å². The molecule has 0 radical (unpaired) electrons. The lowest BCUT2D eigenvalue weighted by atomic mass is 9.88. The van der Waals surface area contributed by atoms with Crippen molar-refractivity contribution in [2.45, 2.75) is 124 Å². The second-order valence-corrected chi connectivity index (χ2v) is 9.29. The second kappa shape index (κ2) is 12.1. The molecule has 2 unspecified atom stereocenters. The Morgan fingerprint density at radius 1 is 0.750 bits per heavy atom. The normalized spacial score (nSPS) is 20.3. The highest BCUT2D eigenvalue weighted by Gasteiger charge is 2.34. The maximum atomic E-state index is 11.8. The Kier molecular flexibility index (Phi) is 10.9. The molecule has 0 N–H and O–H groups in total. The summed E-state index contributed by atoms with van der Waals surface area (Å²) in [5.41, 5.74) is -0.142. The molecule has 1 aliphatic carbocycles. The zero-order chi connectivity index (χ0) is 17.8. The third-order valence-electron chi connectivity index (χ3n) is 5.81. The third kappa shape index (κ3) is 10.5. The van der Waals surface area contributed by atoms with Crippen LogP contribution in [0.5, 0.6) is 0 Å². The number of unbranched alkanes of at least 4 members (excludes halogenated alkanes) is 9. The summed E-state index contributed by atoms with van der Waals surface area (Å²) in [6.45, 7) is 8.39. The summed E-state index contributed by atoms with van der Waals surface area (Å²) in [6, 6.07) is 0. The van der Waals surface area contributed by atoms with E-state index in [4.69, 9.17) is 0 Å². The van der Waals surface area contributed by atoms with Crippen molar-refractivity contribution in [3.05, 3.63) is 0 Å². The Bertz CT molecular complexity index is 325. The van der Waals surface area contributed by atoms with Crippen LogP contribution in [0.4, 0.5) is 0 Å². The third-order valence-corrected chi connectivity index (χ3v) is 5.81. The van der Waals surface area contributed by atoms with E-state index < -0.39 is 0 Å². The van der Waals surface area contributed by atoms with Gasteiger partial charge in [-0.05, 0) is 24.7 Å². The molecular weight excluding hydrogens is 292 g/mol. The molecular formula is C23H44O. The molecule has 0 aromatic heterocycles. The quantitative estimate of drug-likeness (QED) is 0.280. The molecule has 0 bridgehead atoms. The lowest BCUT2D eigenvalue weighted by Crippen LogP contribution is -2.19. The summed E-state index contributed by atoms with van der Waals surface area (Å²) in [6.07, 6.45) is 20.4. The summed E-state index contributed by atoms with van der Waals surface area (Å²) >= 11 is 0. The van der Waals surface area contributed by atoms with E-state index in [2.05, 4.69) is 6.92 Å². The number of carbonyl (C=O) groups is 1. The van der Waals surface area contributed by atoms with Gasteiger partial charge in [0.1, 0.15) is 5.78 Å². The Labute approximate surface area is 152 Å². The highest BCUT2D eigenvalue weighted by molar-refractivity contribution is 5.83. The van der Waals surface area contributed by atoms with E-state index in [-0.39, 0.29) is 5.41 Å². The fourth-order valence-electron chi connectivity index (χ4n) is 3.80. The van der Waals surface area contributed by atoms with Gasteiger partial charge in [0.15, 0.2) is 0 Å². The molecule has 1 nitrogen and oxygen atoms in total. The topological polar surface area (TPSA) is 17.1 Å². The van der Waals surface area contributed by atoms with E-state index in [1.54, 1.807) is 0 Å². The smallest absolute Gasteiger partial charge is 0.138 e. The number of rotatable bonds is 15. The van der Waals surface area contributed by atoms with Crippen molar-refractivity contribution in [2.75, 3.05) is 0 Å². The van der Waals surface area contributed by atoms with Crippen molar-refractivity contribution in [1.29, 1.82) is 0 Å². The Hall–Kier alpha value is -0.330. The van der Waals surface area contributed by atoms with Gasteiger partial charge in [0.25, 0.3) is 0 Å². The first kappa shape index (κ1) is 21.7. The van der Waals surface area contributed by atoms with Crippen LogP contribution in [0.25, 0.3) is 0 Å². The van der Waals surface area contributed by atoms with Gasteiger partial charge in [0, 0.05) is 11.8 Å². The fraction of sp³-hybridized carbons (Fsp3) is 0.957. The van der Waals surface area contributed by atoms with Crippen LogP contribution in [-0.2, 0) is 4.79 Å². The summed E-state index contributed by atoms with van der Waals surface area (Å²) < 4.78 is 0. The lowest BCUT2D eigenvalue weighted by Gasteiger charge is -2.16. The number of carbonyl (C=O) groups excluding carboxylic acids is 1. The summed E-state index contributed by atoms with van der Waals surface area (Å²) in [7, 11) is 0. The first-order valence-electron chi connectivity index (χ1n) is 11.0. The number of Topliss-reactive ketones (excluding diaryl/α,β-unsaturated/α-hetero) is 1. The molecule has 0 heterocycles. The van der Waals surface area contributed by atoms with Crippen molar-refractivity contribution in [3.8, 4) is 0 Å². The molecule has 1 rings (SSSR count). The molecule has 0 aliphatic heterocycles. The van der Waals surface area contributed by atoms with E-state index >= 15 is 0 Å². The van der Waals surface area contributed by atoms with Crippen molar-refractivity contribution >= 4 is 5.78 Å². The van der Waals surface area contributed by atoms with Crippen molar-refractivity contribution in [1.82, 2.24) is 0 Å². The molecule has 1 saturated carbocycles. The predicted octanol–water partition coefficient (Wildman–Crippen LogP) is 7.72. The fourth-order valence-corrected chi connectivity index (χ4v) is 3.80. The van der Waals surface area contributed by atoms with E-state index in [0.717, 1.165) is 24.7 Å². The highest BCUT2D eigenvalue weighted by atomic mass is 16.1. The average Bonchev–Trinajstić information content (AvgIpc) is 3.27. The van der Waals surface area contributed by atoms with Gasteiger partial charge in [-0.15, -0.1) is 0 Å². The highest BCUT2D eigenvalue weighted by Crippen LogP contribution is 2.45. The first-order valence-corrected chi connectivity index (χ1v) is 11.0. The molecule has 0 aromatic rings. The van der Waals surface area contributed by atoms with Crippen LogP contribution in [0.2, 0.25) is 0 Å². The van der Waals surface area contributed by atoms with Crippen molar-refractivity contribution in [2.24, 2.45) is 17.3 Å². The van der Waals surface area contributed by atoms with Gasteiger partial charge in [-0.1, -0.05) is 105 Å². The molecule has 24 heavy (non-hydrogen) atoms. The Morgan fingerprint density at radius 2 is 1.21 bits per heavy atom. The monoisotopic (exact) mass is 336 g/mol. The average molecular weight is 337 g/mol. The van der Waals surface area contributed by atoms with E-state index in [1.807, 2.05) is 20.8 Å². The van der Waals surface area contributed by atoms with Gasteiger partial charge < -0.3 is 0 Å². The van der Waals surface area contributed by atoms with Gasteiger partial charge in [0.05, 0.1) is 0 Å². The largest absolute Gasteiger partial charge is 0.299 e. The summed E-state index contributed by atoms with van der Waals surface area (Å²) in [4.78, 5) is 11.8. The van der Waals surface area contributed by atoms with Crippen LogP contribution in [0, 0.1) is 17.3 Å². The van der Waals surface area contributed by atoms with Gasteiger partial charge in [-0.3, -0.25) is 4.79 Å². The molecule has 1 fully saturated rings. The molecule has 1 heteroatoms. The Morgan fingerprint density at radius 3 is 1.71 bits per heavy atom. The SMILES string of the molecule is CCCCCCCCC1CC1CCCCCCCC(=O)C(C)(C)C. The van der Waals surface area contributed by atoms with Crippen LogP contribution in [0.3, 0.4) is 0 Å². The van der Waals surface area contributed by atoms with Crippen LogP contribution >= 0.6 is 0 Å². The lowest BCUT2D eigenvalue weighted by molar-refractivity contribution is -0.126. The standard InChI is InChI=1S/C23H44O/c1-5-6-7-8-10-13-16-20-19-21(20)17-14-11-9-12-15-18-22(24)23(2,3)4/h20-21H,5-19H2,1-4H3. The molecule has 142 valence electrons. The first-order chi connectivity index (χ1) is 11.4. The van der Waals surface area contributed by atoms with Gasteiger partial charge in [-0.25, -0.2) is 0 Å². The van der Waals surface area contributed by atoms with E-state index in [9.17, 15) is 4.79 Å². The number of ketones is 1. The minimum Gasteiger partial charge on any atom is -0.299 e.